The Balaban J connectivity index is 2.52. The highest BCUT2D eigenvalue weighted by Crippen LogP contribution is 2.27. The van der Waals surface area contributed by atoms with E-state index in [0.717, 1.165) is 11.5 Å². The molecule has 0 bridgehead atoms. The van der Waals surface area contributed by atoms with E-state index in [-0.39, 0.29) is 10.7 Å². The Morgan fingerprint density at radius 1 is 1.62 bits per heavy atom. The second-order valence-corrected chi connectivity index (χ2v) is 2.85. The molecule has 2 aromatic rings. The monoisotopic (exact) mass is 197 g/mol. The minimum absolute atomic E-state index is 0.102. The molecule has 7 nitrogen and oxygen atoms in total. The van der Waals surface area contributed by atoms with Crippen molar-refractivity contribution in [2.75, 3.05) is 0 Å². The number of hydrogen-bond acceptors (Lipinski definition) is 6. The molecule has 0 unspecified atom stereocenters. The molecule has 0 amide bonds. The lowest BCUT2D eigenvalue weighted by Gasteiger charge is -1.87. The largest absolute Gasteiger partial charge is 0.374 e. The molecule has 2 rings (SSSR count). The first-order valence-corrected chi connectivity index (χ1v) is 4.03. The average Bonchev–Trinajstić information content (AvgIpc) is 2.74. The fraction of sp³-hybridized carbons (Fsp3) is 0. The number of nitrogens with zero attached hydrogens (tertiary/aromatic N) is 4. The molecular formula is C5H3N5O2S. The number of hydrogen-bond donors (Lipinski definition) is 1. The molecule has 0 aliphatic heterocycles. The van der Waals surface area contributed by atoms with Crippen molar-refractivity contribution >= 4 is 16.5 Å². The molecule has 0 aliphatic carbocycles. The summed E-state index contributed by atoms with van der Waals surface area (Å²) in [7, 11) is 0. The topological polar surface area (TPSA) is 97.6 Å². The van der Waals surface area contributed by atoms with E-state index in [9.17, 15) is 10.1 Å². The number of aromatic nitrogens is 4. The zero-order valence-corrected chi connectivity index (χ0v) is 6.98. The number of rotatable bonds is 2. The van der Waals surface area contributed by atoms with E-state index in [1.807, 2.05) is 0 Å². The van der Waals surface area contributed by atoms with E-state index in [1.54, 1.807) is 6.20 Å². The summed E-state index contributed by atoms with van der Waals surface area (Å²) in [6.45, 7) is 0. The van der Waals surface area contributed by atoms with Crippen molar-refractivity contribution in [2.45, 2.75) is 0 Å². The second kappa shape index (κ2) is 2.90. The highest BCUT2D eigenvalue weighted by atomic mass is 32.1. The fourth-order valence-corrected chi connectivity index (χ4v) is 1.34. The molecule has 8 heteroatoms. The van der Waals surface area contributed by atoms with Crippen LogP contribution in [-0.4, -0.2) is 24.5 Å². The lowest BCUT2D eigenvalue weighted by molar-refractivity contribution is -0.379. The molecular weight excluding hydrogens is 194 g/mol. The van der Waals surface area contributed by atoms with Crippen LogP contribution in [0.4, 0.5) is 5.00 Å². The van der Waals surface area contributed by atoms with Crippen molar-refractivity contribution in [3.05, 3.63) is 22.5 Å². The molecule has 0 saturated carbocycles. The smallest absolute Gasteiger partial charge is 0.343 e. The maximum atomic E-state index is 10.5. The molecule has 2 aromatic heterocycles. The lowest BCUT2D eigenvalue weighted by atomic mass is 10.4. The van der Waals surface area contributed by atoms with Crippen LogP contribution in [0.2, 0.25) is 0 Å². The maximum Gasteiger partial charge on any atom is 0.374 e. The molecule has 0 saturated heterocycles. The highest BCUT2D eigenvalue weighted by molar-refractivity contribution is 7.09. The molecule has 0 atom stereocenters. The first-order valence-electron chi connectivity index (χ1n) is 3.25. The predicted molar refractivity (Wildman–Crippen MR) is 44.1 cm³/mol. The first-order chi connectivity index (χ1) is 6.29. The van der Waals surface area contributed by atoms with Gasteiger partial charge in [0.1, 0.15) is 0 Å². The van der Waals surface area contributed by atoms with Gasteiger partial charge in [0.2, 0.25) is 5.69 Å². The Morgan fingerprint density at radius 3 is 3.08 bits per heavy atom. The predicted octanol–water partition coefficient (Wildman–Crippen LogP) is 0.836. The van der Waals surface area contributed by atoms with Crippen molar-refractivity contribution in [1.29, 1.82) is 0 Å². The van der Waals surface area contributed by atoms with Crippen molar-refractivity contribution in [1.82, 2.24) is 19.6 Å². The van der Waals surface area contributed by atoms with Gasteiger partial charge in [-0.15, -0.1) is 5.10 Å². The van der Waals surface area contributed by atoms with Gasteiger partial charge >= 0.3 is 5.00 Å². The van der Waals surface area contributed by atoms with Gasteiger partial charge in [0, 0.05) is 12.4 Å². The summed E-state index contributed by atoms with van der Waals surface area (Å²) in [5.41, 5.74) is 0.181. The van der Waals surface area contributed by atoms with E-state index in [4.69, 9.17) is 0 Å². The van der Waals surface area contributed by atoms with E-state index in [2.05, 4.69) is 19.6 Å². The van der Waals surface area contributed by atoms with E-state index in [1.165, 1.54) is 6.20 Å². The van der Waals surface area contributed by atoms with Crippen LogP contribution in [0.5, 0.6) is 0 Å². The summed E-state index contributed by atoms with van der Waals surface area (Å²) in [6.07, 6.45) is 3.07. The maximum absolute atomic E-state index is 10.5. The van der Waals surface area contributed by atoms with Gasteiger partial charge in [0.25, 0.3) is 0 Å². The third-order valence-electron chi connectivity index (χ3n) is 1.36. The zero-order chi connectivity index (χ0) is 9.26. The van der Waals surface area contributed by atoms with Gasteiger partial charge in [-0.1, -0.05) is 4.49 Å². The number of aromatic amines is 1. The molecule has 0 aliphatic rings. The van der Waals surface area contributed by atoms with Gasteiger partial charge in [-0.3, -0.25) is 10.1 Å². The molecule has 13 heavy (non-hydrogen) atoms. The fourth-order valence-electron chi connectivity index (χ4n) is 0.849. The van der Waals surface area contributed by atoms with Crippen LogP contribution in [0.15, 0.2) is 12.4 Å². The number of nitro groups is 1. The lowest BCUT2D eigenvalue weighted by Crippen LogP contribution is -1.89. The van der Waals surface area contributed by atoms with E-state index < -0.39 is 4.92 Å². The average molecular weight is 197 g/mol. The third-order valence-corrected chi connectivity index (χ3v) is 2.04. The van der Waals surface area contributed by atoms with Crippen molar-refractivity contribution in [2.24, 2.45) is 0 Å². The summed E-state index contributed by atoms with van der Waals surface area (Å²) in [6, 6.07) is 0. The summed E-state index contributed by atoms with van der Waals surface area (Å²) in [5, 5.41) is 14.0. The van der Waals surface area contributed by atoms with Crippen molar-refractivity contribution in [3.8, 4) is 11.5 Å². The van der Waals surface area contributed by atoms with Crippen LogP contribution in [0.25, 0.3) is 11.5 Å². The molecule has 1 N–H and O–H groups in total. The molecule has 66 valence electrons. The van der Waals surface area contributed by atoms with E-state index in [0.29, 0.717) is 5.82 Å². The minimum Gasteiger partial charge on any atom is -0.343 e. The van der Waals surface area contributed by atoms with Crippen LogP contribution < -0.4 is 0 Å². The zero-order valence-electron chi connectivity index (χ0n) is 6.17. The number of nitrogens with one attached hydrogen (secondary N) is 1. The van der Waals surface area contributed by atoms with E-state index >= 15 is 0 Å². The molecule has 0 aromatic carbocycles. The molecule has 0 spiro atoms. The molecule has 0 fully saturated rings. The highest BCUT2D eigenvalue weighted by Gasteiger charge is 2.22. The summed E-state index contributed by atoms with van der Waals surface area (Å²) in [4.78, 5) is 16.5. The van der Waals surface area contributed by atoms with Gasteiger partial charge in [-0.2, -0.15) is 0 Å². The van der Waals surface area contributed by atoms with Crippen LogP contribution in [0.3, 0.4) is 0 Å². The van der Waals surface area contributed by atoms with Crippen molar-refractivity contribution in [3.63, 3.8) is 0 Å². The first kappa shape index (κ1) is 7.80. The Morgan fingerprint density at radius 2 is 2.46 bits per heavy atom. The summed E-state index contributed by atoms with van der Waals surface area (Å²) in [5.74, 6) is 0.362. The molecule has 2 heterocycles. The van der Waals surface area contributed by atoms with Crippen LogP contribution in [-0.2, 0) is 0 Å². The quantitative estimate of drug-likeness (QED) is 0.568. The molecule has 0 radical (unpaired) electrons. The van der Waals surface area contributed by atoms with Gasteiger partial charge in [-0.25, -0.2) is 4.98 Å². The number of H-pyrrole nitrogens is 1. The SMILES string of the molecule is O=[N+]([O-])c1snnc1-c1ncc[nH]1. The van der Waals surface area contributed by atoms with Gasteiger partial charge in [-0.05, 0) is 0 Å². The second-order valence-electron chi connectivity index (χ2n) is 2.12. The van der Waals surface area contributed by atoms with Gasteiger partial charge < -0.3 is 4.98 Å². The van der Waals surface area contributed by atoms with Gasteiger partial charge in [0.15, 0.2) is 5.82 Å². The summed E-state index contributed by atoms with van der Waals surface area (Å²) < 4.78 is 3.49. The Hall–Kier alpha value is -1.83. The summed E-state index contributed by atoms with van der Waals surface area (Å²) >= 11 is 0.736. The Kier molecular flexibility index (Phi) is 1.74. The third kappa shape index (κ3) is 1.26. The van der Waals surface area contributed by atoms with Gasteiger partial charge in [0.05, 0.1) is 16.5 Å². The number of imidazole rings is 1. The van der Waals surface area contributed by atoms with Crippen LogP contribution in [0.1, 0.15) is 0 Å². The Labute approximate surface area is 75.8 Å². The van der Waals surface area contributed by atoms with Crippen molar-refractivity contribution < 1.29 is 4.92 Å². The standard InChI is InChI=1S/C5H3N5O2S/c11-10(12)5-3(8-9-13-5)4-6-1-2-7-4/h1-2H,(H,6,7). The normalized spacial score (nSPS) is 10.2. The van der Waals surface area contributed by atoms with Crippen LogP contribution in [0, 0.1) is 10.1 Å². The van der Waals surface area contributed by atoms with Crippen LogP contribution >= 0.6 is 11.5 Å². The minimum atomic E-state index is -0.525. The Bertz CT molecular complexity index is 422.